The van der Waals surface area contributed by atoms with Crippen molar-refractivity contribution in [3.8, 4) is 17.2 Å². The topological polar surface area (TPSA) is 75.8 Å². The van der Waals surface area contributed by atoms with E-state index in [1.807, 2.05) is 30.3 Å². The highest BCUT2D eigenvalue weighted by Gasteiger charge is 2.20. The van der Waals surface area contributed by atoms with E-state index in [0.717, 1.165) is 78.3 Å². The van der Waals surface area contributed by atoms with Crippen LogP contribution in [0.4, 0.5) is 4.39 Å². The smallest absolute Gasteiger partial charge is 0.123 e. The normalized spacial score (nSPS) is 12.5. The van der Waals surface area contributed by atoms with Gasteiger partial charge in [-0.2, -0.15) is 5.26 Å². The van der Waals surface area contributed by atoms with E-state index in [-0.39, 0.29) is 17.8 Å². The fourth-order valence-corrected chi connectivity index (χ4v) is 4.99. The Labute approximate surface area is 227 Å². The third-order valence-corrected chi connectivity index (χ3v) is 7.30. The minimum absolute atomic E-state index is 0.207. The van der Waals surface area contributed by atoms with Crippen LogP contribution in [0.15, 0.2) is 85.5 Å². The summed E-state index contributed by atoms with van der Waals surface area (Å²) in [6.45, 7) is 11.4. The molecule has 0 amide bonds. The van der Waals surface area contributed by atoms with Crippen molar-refractivity contribution in [2.75, 3.05) is 6.54 Å². The molecule has 3 rings (SSSR count). The number of hydrogen-bond acceptors (Lipinski definition) is 3. The molecule has 198 valence electrons. The van der Waals surface area contributed by atoms with Crippen LogP contribution in [0.25, 0.3) is 16.7 Å². The SMILES string of the molecule is C=C(CC(CCCC)C(=C)c1ccc(-c2ccccc2C#N)cc1CCCc1cccc(F)c1)C(N)CN. The second-order valence-electron chi connectivity index (χ2n) is 10.1. The molecule has 0 radical (unpaired) electrons. The summed E-state index contributed by atoms with van der Waals surface area (Å²) < 4.78 is 13.7. The van der Waals surface area contributed by atoms with Crippen LogP contribution in [-0.2, 0) is 12.8 Å². The van der Waals surface area contributed by atoms with Crippen LogP contribution in [0.1, 0.15) is 61.3 Å². The van der Waals surface area contributed by atoms with Crippen LogP contribution < -0.4 is 11.5 Å². The third-order valence-electron chi connectivity index (χ3n) is 7.30. The van der Waals surface area contributed by atoms with Gasteiger partial charge in [0.2, 0.25) is 0 Å². The molecule has 0 aliphatic heterocycles. The predicted octanol–water partition coefficient (Wildman–Crippen LogP) is 7.59. The first kappa shape index (κ1) is 29.0. The van der Waals surface area contributed by atoms with Crippen molar-refractivity contribution in [1.82, 2.24) is 0 Å². The lowest BCUT2D eigenvalue weighted by molar-refractivity contribution is 0.546. The molecule has 0 aliphatic carbocycles. The highest BCUT2D eigenvalue weighted by atomic mass is 19.1. The molecule has 0 fully saturated rings. The molecule has 0 spiro atoms. The summed E-state index contributed by atoms with van der Waals surface area (Å²) in [5, 5.41) is 9.66. The van der Waals surface area contributed by atoms with E-state index in [4.69, 9.17) is 11.5 Å². The Morgan fingerprint density at radius 3 is 2.50 bits per heavy atom. The van der Waals surface area contributed by atoms with Crippen LogP contribution in [-0.4, -0.2) is 12.6 Å². The highest BCUT2D eigenvalue weighted by Crippen LogP contribution is 2.36. The third kappa shape index (κ3) is 7.74. The fraction of sp³-hybridized carbons (Fsp3) is 0.324. The maximum Gasteiger partial charge on any atom is 0.123 e. The van der Waals surface area contributed by atoms with Gasteiger partial charge in [0.05, 0.1) is 11.6 Å². The minimum atomic E-state index is -0.220. The first-order valence-corrected chi connectivity index (χ1v) is 13.6. The van der Waals surface area contributed by atoms with Gasteiger partial charge in [-0.1, -0.05) is 87.0 Å². The van der Waals surface area contributed by atoms with E-state index < -0.39 is 0 Å². The van der Waals surface area contributed by atoms with E-state index in [9.17, 15) is 9.65 Å². The number of hydrogen-bond donors (Lipinski definition) is 2. The van der Waals surface area contributed by atoms with Gasteiger partial charge in [0.1, 0.15) is 5.82 Å². The molecule has 3 aromatic carbocycles. The van der Waals surface area contributed by atoms with Crippen LogP contribution in [0.2, 0.25) is 0 Å². The Kier molecular flexibility index (Phi) is 11.0. The second-order valence-corrected chi connectivity index (χ2v) is 10.1. The van der Waals surface area contributed by atoms with Crippen molar-refractivity contribution in [3.05, 3.63) is 114 Å². The van der Waals surface area contributed by atoms with Crippen LogP contribution in [0.5, 0.6) is 0 Å². The number of nitriles is 1. The van der Waals surface area contributed by atoms with Gasteiger partial charge in [-0.25, -0.2) is 4.39 Å². The molecule has 0 aromatic heterocycles. The number of rotatable bonds is 14. The van der Waals surface area contributed by atoms with E-state index in [2.05, 4.69) is 44.3 Å². The molecule has 0 heterocycles. The second kappa shape index (κ2) is 14.4. The summed E-state index contributed by atoms with van der Waals surface area (Å²) >= 11 is 0. The van der Waals surface area contributed by atoms with Gasteiger partial charge < -0.3 is 11.5 Å². The largest absolute Gasteiger partial charge is 0.329 e. The van der Waals surface area contributed by atoms with Gasteiger partial charge in [-0.15, -0.1) is 0 Å². The number of benzene rings is 3. The summed E-state index contributed by atoms with van der Waals surface area (Å²) in [5.74, 6) is 0.0145. The molecule has 2 atom stereocenters. The van der Waals surface area contributed by atoms with Crippen molar-refractivity contribution in [2.45, 2.75) is 57.9 Å². The number of nitrogens with zero attached hydrogens (tertiary/aromatic N) is 1. The van der Waals surface area contributed by atoms with E-state index >= 15 is 0 Å². The van der Waals surface area contributed by atoms with Crippen molar-refractivity contribution in [1.29, 1.82) is 5.26 Å². The van der Waals surface area contributed by atoms with Crippen LogP contribution in [0, 0.1) is 23.1 Å². The lowest BCUT2D eigenvalue weighted by atomic mass is 9.81. The first-order chi connectivity index (χ1) is 18.4. The maximum absolute atomic E-state index is 13.7. The van der Waals surface area contributed by atoms with E-state index in [1.54, 1.807) is 12.1 Å². The Hall–Kier alpha value is -3.52. The standard InChI is InChI=1S/C34H40FN3/c1-4-5-12-27(19-24(2)34(38)23-37)25(3)32-18-17-29(33-16-7-6-13-30(33)22-36)21-28(32)14-8-10-26-11-9-15-31(35)20-26/h6-7,9,11,13,15-18,20-21,27,34H,2-5,8,10,12,14,19,23,37-38H2,1H3. The Balaban J connectivity index is 1.96. The van der Waals surface area contributed by atoms with E-state index in [1.165, 1.54) is 11.6 Å². The van der Waals surface area contributed by atoms with Crippen LogP contribution in [0.3, 0.4) is 0 Å². The highest BCUT2D eigenvalue weighted by molar-refractivity contribution is 5.76. The zero-order valence-electron chi connectivity index (χ0n) is 22.6. The van der Waals surface area contributed by atoms with E-state index in [0.29, 0.717) is 12.1 Å². The van der Waals surface area contributed by atoms with Gasteiger partial charge in [-0.05, 0) is 89.6 Å². The maximum atomic E-state index is 13.7. The van der Waals surface area contributed by atoms with Crippen molar-refractivity contribution in [3.63, 3.8) is 0 Å². The predicted molar refractivity (Wildman–Crippen MR) is 158 cm³/mol. The molecular weight excluding hydrogens is 469 g/mol. The lowest BCUT2D eigenvalue weighted by Gasteiger charge is -2.25. The Morgan fingerprint density at radius 1 is 1.00 bits per heavy atom. The number of nitrogens with two attached hydrogens (primary N) is 2. The lowest BCUT2D eigenvalue weighted by Crippen LogP contribution is -2.32. The van der Waals surface area contributed by atoms with Crippen molar-refractivity contribution >= 4 is 5.57 Å². The Morgan fingerprint density at radius 2 is 1.79 bits per heavy atom. The molecule has 4 N–H and O–H groups in total. The summed E-state index contributed by atoms with van der Waals surface area (Å²) in [4.78, 5) is 0. The molecule has 0 saturated carbocycles. The summed E-state index contributed by atoms with van der Waals surface area (Å²) in [6.07, 6.45) is 6.44. The first-order valence-electron chi connectivity index (χ1n) is 13.6. The zero-order valence-corrected chi connectivity index (χ0v) is 22.6. The number of halogens is 1. The molecule has 0 bridgehead atoms. The molecule has 0 saturated heterocycles. The molecule has 3 nitrogen and oxygen atoms in total. The average molecular weight is 510 g/mol. The minimum Gasteiger partial charge on any atom is -0.329 e. The summed E-state index contributed by atoms with van der Waals surface area (Å²) in [5.41, 5.74) is 20.0. The van der Waals surface area contributed by atoms with Gasteiger partial charge >= 0.3 is 0 Å². The van der Waals surface area contributed by atoms with Crippen molar-refractivity contribution < 1.29 is 4.39 Å². The number of allylic oxidation sites excluding steroid dienone is 1. The molecular formula is C34H40FN3. The summed E-state index contributed by atoms with van der Waals surface area (Å²) in [7, 11) is 0. The fourth-order valence-electron chi connectivity index (χ4n) is 4.99. The quantitative estimate of drug-likeness (QED) is 0.220. The van der Waals surface area contributed by atoms with Gasteiger partial charge in [-0.3, -0.25) is 0 Å². The number of unbranched alkanes of at least 4 members (excludes halogenated alkanes) is 1. The van der Waals surface area contributed by atoms with Gasteiger partial charge in [0.15, 0.2) is 0 Å². The monoisotopic (exact) mass is 509 g/mol. The molecule has 2 unspecified atom stereocenters. The van der Waals surface area contributed by atoms with Gasteiger partial charge in [0.25, 0.3) is 0 Å². The Bertz CT molecular complexity index is 1290. The molecule has 0 aliphatic rings. The van der Waals surface area contributed by atoms with Crippen molar-refractivity contribution in [2.24, 2.45) is 17.4 Å². The molecule has 38 heavy (non-hydrogen) atoms. The van der Waals surface area contributed by atoms with Crippen LogP contribution >= 0.6 is 0 Å². The zero-order chi connectivity index (χ0) is 27.5. The summed E-state index contributed by atoms with van der Waals surface area (Å²) in [6, 6.07) is 23.0. The van der Waals surface area contributed by atoms with Gasteiger partial charge in [0, 0.05) is 12.6 Å². The molecule has 3 aromatic rings. The number of aryl methyl sites for hydroxylation is 2. The molecule has 4 heteroatoms. The average Bonchev–Trinajstić information content (AvgIpc) is 2.94.